The van der Waals surface area contributed by atoms with Crippen molar-refractivity contribution >= 4 is 11.9 Å². The SMILES string of the molecule is CC(O)Cc1ccc(OC(=O)C(C)(C)C)c(OC(=O)C(C)(C)C)c1. The Kier molecular flexibility index (Phi) is 6.17. The number of rotatable bonds is 4. The second-order valence-electron chi connectivity index (χ2n) is 8.11. The number of hydrogen-bond donors (Lipinski definition) is 1. The van der Waals surface area contributed by atoms with Gasteiger partial charge in [-0.1, -0.05) is 6.07 Å². The van der Waals surface area contributed by atoms with Gasteiger partial charge in [-0.15, -0.1) is 0 Å². The van der Waals surface area contributed by atoms with Gasteiger partial charge in [0.05, 0.1) is 16.9 Å². The quantitative estimate of drug-likeness (QED) is 0.673. The Morgan fingerprint density at radius 3 is 1.83 bits per heavy atom. The first kappa shape index (κ1) is 20.2. The fourth-order valence-electron chi connectivity index (χ4n) is 1.69. The molecular formula is C19H28O5. The fourth-order valence-corrected chi connectivity index (χ4v) is 1.69. The average molecular weight is 336 g/mol. The fraction of sp³-hybridized carbons (Fsp3) is 0.579. The number of benzene rings is 1. The number of aliphatic hydroxyl groups excluding tert-OH is 1. The molecule has 0 spiro atoms. The Morgan fingerprint density at radius 1 is 0.958 bits per heavy atom. The van der Waals surface area contributed by atoms with E-state index < -0.39 is 28.9 Å². The second kappa shape index (κ2) is 7.34. The number of ether oxygens (including phenoxy) is 2. The minimum absolute atomic E-state index is 0.186. The maximum Gasteiger partial charge on any atom is 0.316 e. The van der Waals surface area contributed by atoms with Gasteiger partial charge in [0.2, 0.25) is 0 Å². The summed E-state index contributed by atoms with van der Waals surface area (Å²) in [5, 5.41) is 9.54. The van der Waals surface area contributed by atoms with E-state index in [9.17, 15) is 14.7 Å². The molecule has 0 aliphatic carbocycles. The maximum atomic E-state index is 12.2. The lowest BCUT2D eigenvalue weighted by molar-refractivity contribution is -0.145. The number of carbonyl (C=O) groups excluding carboxylic acids is 2. The lowest BCUT2D eigenvalue weighted by atomic mass is 9.97. The smallest absolute Gasteiger partial charge is 0.316 e. The molecule has 1 N–H and O–H groups in total. The Labute approximate surface area is 144 Å². The summed E-state index contributed by atoms with van der Waals surface area (Å²) in [5.74, 6) is -0.462. The van der Waals surface area contributed by atoms with Crippen LogP contribution in [-0.2, 0) is 16.0 Å². The zero-order valence-corrected chi connectivity index (χ0v) is 15.6. The van der Waals surface area contributed by atoms with Crippen LogP contribution < -0.4 is 9.47 Å². The van der Waals surface area contributed by atoms with E-state index in [1.165, 1.54) is 0 Å². The van der Waals surface area contributed by atoms with Crippen molar-refractivity contribution in [2.75, 3.05) is 0 Å². The third-order valence-corrected chi connectivity index (χ3v) is 3.17. The Morgan fingerprint density at radius 2 is 1.42 bits per heavy atom. The van der Waals surface area contributed by atoms with Crippen LogP contribution in [0.1, 0.15) is 54.0 Å². The van der Waals surface area contributed by atoms with Crippen molar-refractivity contribution in [3.63, 3.8) is 0 Å². The first-order chi connectivity index (χ1) is 10.8. The van der Waals surface area contributed by atoms with Gasteiger partial charge in [-0.3, -0.25) is 9.59 Å². The number of esters is 2. The van der Waals surface area contributed by atoms with Crippen molar-refractivity contribution < 1.29 is 24.2 Å². The van der Waals surface area contributed by atoms with Crippen molar-refractivity contribution in [2.45, 2.75) is 61.0 Å². The highest BCUT2D eigenvalue weighted by atomic mass is 16.6. The summed E-state index contributed by atoms with van der Waals surface area (Å²) in [6, 6.07) is 4.96. The molecular weight excluding hydrogens is 308 g/mol. The van der Waals surface area contributed by atoms with Gasteiger partial charge in [0.25, 0.3) is 0 Å². The van der Waals surface area contributed by atoms with Gasteiger partial charge in [0, 0.05) is 0 Å². The second-order valence-corrected chi connectivity index (χ2v) is 8.11. The van der Waals surface area contributed by atoms with Crippen LogP contribution in [0.2, 0.25) is 0 Å². The molecule has 0 aromatic heterocycles. The van der Waals surface area contributed by atoms with E-state index in [1.807, 2.05) is 0 Å². The summed E-state index contributed by atoms with van der Waals surface area (Å²) in [7, 11) is 0. The van der Waals surface area contributed by atoms with Crippen molar-refractivity contribution in [2.24, 2.45) is 10.8 Å². The molecule has 1 aromatic rings. The van der Waals surface area contributed by atoms with Crippen LogP contribution in [0.15, 0.2) is 18.2 Å². The number of hydrogen-bond acceptors (Lipinski definition) is 5. The molecule has 1 atom stereocenters. The van der Waals surface area contributed by atoms with Crippen LogP contribution in [-0.4, -0.2) is 23.1 Å². The summed E-state index contributed by atoms with van der Waals surface area (Å²) in [6.45, 7) is 12.2. The molecule has 0 amide bonds. The minimum atomic E-state index is -0.689. The standard InChI is InChI=1S/C19H28O5/c1-12(20)10-13-8-9-14(23-16(21)18(2,3)4)15(11-13)24-17(22)19(5,6)7/h8-9,11-12,20H,10H2,1-7H3. The zero-order valence-electron chi connectivity index (χ0n) is 15.6. The van der Waals surface area contributed by atoms with E-state index in [1.54, 1.807) is 66.7 Å². The van der Waals surface area contributed by atoms with Gasteiger partial charge >= 0.3 is 11.9 Å². The third-order valence-electron chi connectivity index (χ3n) is 3.17. The van der Waals surface area contributed by atoms with Crippen molar-refractivity contribution in [3.05, 3.63) is 23.8 Å². The van der Waals surface area contributed by atoms with Crippen molar-refractivity contribution in [1.29, 1.82) is 0 Å². The molecule has 0 aliphatic rings. The summed E-state index contributed by atoms with van der Waals surface area (Å²) in [4.78, 5) is 24.3. The summed E-state index contributed by atoms with van der Waals surface area (Å²) < 4.78 is 10.9. The average Bonchev–Trinajstić information content (AvgIpc) is 2.38. The molecule has 0 aliphatic heterocycles. The van der Waals surface area contributed by atoms with E-state index in [0.717, 1.165) is 5.56 Å². The van der Waals surface area contributed by atoms with E-state index in [2.05, 4.69) is 0 Å². The van der Waals surface area contributed by atoms with Crippen LogP contribution in [0.25, 0.3) is 0 Å². The van der Waals surface area contributed by atoms with E-state index in [0.29, 0.717) is 6.42 Å². The van der Waals surface area contributed by atoms with Crippen LogP contribution >= 0.6 is 0 Å². The normalized spacial score (nSPS) is 13.3. The molecule has 0 saturated heterocycles. The van der Waals surface area contributed by atoms with Gasteiger partial charge in [-0.25, -0.2) is 0 Å². The first-order valence-electron chi connectivity index (χ1n) is 8.06. The predicted molar refractivity (Wildman–Crippen MR) is 92.0 cm³/mol. The predicted octanol–water partition coefficient (Wildman–Crippen LogP) is 3.51. The number of carbonyl (C=O) groups is 2. The molecule has 1 rings (SSSR count). The highest BCUT2D eigenvalue weighted by Gasteiger charge is 2.28. The largest absolute Gasteiger partial charge is 0.422 e. The van der Waals surface area contributed by atoms with Gasteiger partial charge in [0.1, 0.15) is 0 Å². The minimum Gasteiger partial charge on any atom is -0.422 e. The molecule has 1 unspecified atom stereocenters. The molecule has 5 heteroatoms. The Bertz CT molecular complexity index is 603. The lowest BCUT2D eigenvalue weighted by Crippen LogP contribution is -2.28. The van der Waals surface area contributed by atoms with Crippen LogP contribution in [0, 0.1) is 10.8 Å². The maximum absolute atomic E-state index is 12.2. The number of aliphatic hydroxyl groups is 1. The highest BCUT2D eigenvalue weighted by molar-refractivity contribution is 5.81. The topological polar surface area (TPSA) is 72.8 Å². The van der Waals surface area contributed by atoms with E-state index in [4.69, 9.17) is 9.47 Å². The highest BCUT2D eigenvalue weighted by Crippen LogP contribution is 2.32. The third kappa shape index (κ3) is 5.96. The van der Waals surface area contributed by atoms with Crippen LogP contribution in [0.3, 0.4) is 0 Å². The zero-order chi connectivity index (χ0) is 18.7. The van der Waals surface area contributed by atoms with Gasteiger partial charge in [0.15, 0.2) is 11.5 Å². The summed E-state index contributed by atoms with van der Waals surface area (Å²) >= 11 is 0. The summed E-state index contributed by atoms with van der Waals surface area (Å²) in [6.07, 6.45) is -0.118. The lowest BCUT2D eigenvalue weighted by Gasteiger charge is -2.21. The molecule has 0 radical (unpaired) electrons. The molecule has 1 aromatic carbocycles. The molecule has 0 heterocycles. The van der Waals surface area contributed by atoms with Crippen LogP contribution in [0.4, 0.5) is 0 Å². The molecule has 5 nitrogen and oxygen atoms in total. The molecule has 134 valence electrons. The van der Waals surface area contributed by atoms with Crippen molar-refractivity contribution in [1.82, 2.24) is 0 Å². The van der Waals surface area contributed by atoms with Crippen molar-refractivity contribution in [3.8, 4) is 11.5 Å². The summed E-state index contributed by atoms with van der Waals surface area (Å²) in [5.41, 5.74) is -0.577. The molecule has 0 saturated carbocycles. The Hall–Kier alpha value is -1.88. The van der Waals surface area contributed by atoms with Gasteiger partial charge < -0.3 is 14.6 Å². The van der Waals surface area contributed by atoms with Crippen LogP contribution in [0.5, 0.6) is 11.5 Å². The van der Waals surface area contributed by atoms with E-state index in [-0.39, 0.29) is 11.5 Å². The van der Waals surface area contributed by atoms with Gasteiger partial charge in [-0.2, -0.15) is 0 Å². The molecule has 0 bridgehead atoms. The monoisotopic (exact) mass is 336 g/mol. The molecule has 0 fully saturated rings. The first-order valence-corrected chi connectivity index (χ1v) is 8.06. The van der Waals surface area contributed by atoms with E-state index >= 15 is 0 Å². The van der Waals surface area contributed by atoms with Gasteiger partial charge in [-0.05, 0) is 72.6 Å². The Balaban J connectivity index is 3.17. The molecule has 24 heavy (non-hydrogen) atoms.